The Hall–Kier alpha value is -2.34. The minimum absolute atomic E-state index is 0.285. The van der Waals surface area contributed by atoms with Crippen LogP contribution in [0.2, 0.25) is 0 Å². The zero-order valence-electron chi connectivity index (χ0n) is 7.81. The average molecular weight is 197 g/mol. The Bertz CT molecular complexity index is 535. The summed E-state index contributed by atoms with van der Waals surface area (Å²) in [6.07, 6.45) is 0.650. The lowest BCUT2D eigenvalue weighted by Gasteiger charge is -1.96. The summed E-state index contributed by atoms with van der Waals surface area (Å²) >= 11 is 0. The van der Waals surface area contributed by atoms with Crippen LogP contribution in [0.25, 0.3) is 11.3 Å². The van der Waals surface area contributed by atoms with Gasteiger partial charge in [0.15, 0.2) is 12.0 Å². The lowest BCUT2D eigenvalue weighted by atomic mass is 10.1. The molecule has 0 atom stereocenters. The van der Waals surface area contributed by atoms with Crippen molar-refractivity contribution in [2.24, 2.45) is 0 Å². The normalized spacial score (nSPS) is 9.53. The molecule has 1 aromatic carbocycles. The average Bonchev–Trinajstić information content (AvgIpc) is 2.78. The molecular weight excluding hydrogens is 190 g/mol. The van der Waals surface area contributed by atoms with Gasteiger partial charge in [-0.05, 0) is 24.3 Å². The van der Waals surface area contributed by atoms with E-state index in [1.165, 1.54) is 0 Å². The highest BCUT2D eigenvalue weighted by Gasteiger charge is 2.04. The molecule has 0 aliphatic carbocycles. The maximum atomic E-state index is 10.4. The molecule has 1 aromatic heterocycles. The zero-order chi connectivity index (χ0) is 10.7. The molecule has 0 radical (unpaired) electrons. The van der Waals surface area contributed by atoms with Crippen molar-refractivity contribution in [2.75, 3.05) is 0 Å². The Morgan fingerprint density at radius 2 is 2.13 bits per heavy atom. The van der Waals surface area contributed by atoms with Gasteiger partial charge in [0.2, 0.25) is 0 Å². The van der Waals surface area contributed by atoms with E-state index in [0.29, 0.717) is 17.6 Å². The second-order valence-corrected chi connectivity index (χ2v) is 3.01. The molecule has 2 rings (SSSR count). The lowest BCUT2D eigenvalue weighted by molar-refractivity contribution is 0.110. The number of carbonyl (C=O) groups is 1. The summed E-state index contributed by atoms with van der Waals surface area (Å²) in [5, 5.41) is 8.72. The number of hydrogen-bond acceptors (Lipinski definition) is 3. The highest BCUT2D eigenvalue weighted by molar-refractivity contribution is 5.73. The monoisotopic (exact) mass is 197 g/mol. The molecule has 0 bridgehead atoms. The Morgan fingerprint density at radius 1 is 1.27 bits per heavy atom. The summed E-state index contributed by atoms with van der Waals surface area (Å²) < 4.78 is 5.24. The molecule has 1 heterocycles. The van der Waals surface area contributed by atoms with E-state index < -0.39 is 0 Å². The molecule has 0 aliphatic rings. The number of furan rings is 1. The van der Waals surface area contributed by atoms with Crippen molar-refractivity contribution < 1.29 is 9.21 Å². The summed E-state index contributed by atoms with van der Waals surface area (Å²) in [4.78, 5) is 10.4. The van der Waals surface area contributed by atoms with Gasteiger partial charge < -0.3 is 4.42 Å². The topological polar surface area (TPSA) is 54.0 Å². The number of hydrogen-bond donors (Lipinski definition) is 0. The molecule has 3 heteroatoms. The van der Waals surface area contributed by atoms with Crippen molar-refractivity contribution in [1.82, 2.24) is 0 Å². The van der Waals surface area contributed by atoms with E-state index in [-0.39, 0.29) is 5.76 Å². The number of benzene rings is 1. The second-order valence-electron chi connectivity index (χ2n) is 3.01. The Morgan fingerprint density at radius 3 is 2.80 bits per heavy atom. The van der Waals surface area contributed by atoms with E-state index in [0.717, 1.165) is 5.56 Å². The van der Waals surface area contributed by atoms with Crippen LogP contribution in [0.4, 0.5) is 0 Å². The van der Waals surface area contributed by atoms with E-state index in [4.69, 9.17) is 9.68 Å². The van der Waals surface area contributed by atoms with E-state index in [1.807, 2.05) is 12.1 Å². The highest BCUT2D eigenvalue weighted by Crippen LogP contribution is 2.22. The van der Waals surface area contributed by atoms with E-state index >= 15 is 0 Å². The van der Waals surface area contributed by atoms with Crippen LogP contribution in [0.1, 0.15) is 16.1 Å². The van der Waals surface area contributed by atoms with E-state index in [1.54, 1.807) is 30.3 Å². The molecule has 0 unspecified atom stereocenters. The first kappa shape index (κ1) is 9.22. The Balaban J connectivity index is 2.45. The summed E-state index contributed by atoms with van der Waals surface area (Å²) in [6, 6.07) is 12.4. The van der Waals surface area contributed by atoms with Crippen LogP contribution in [-0.2, 0) is 0 Å². The zero-order valence-corrected chi connectivity index (χ0v) is 7.81. The van der Waals surface area contributed by atoms with Gasteiger partial charge in [-0.25, -0.2) is 0 Å². The number of aldehydes is 1. The molecular formula is C12H7NO2. The van der Waals surface area contributed by atoms with Gasteiger partial charge in [-0.2, -0.15) is 5.26 Å². The van der Waals surface area contributed by atoms with Gasteiger partial charge in [-0.1, -0.05) is 12.1 Å². The van der Waals surface area contributed by atoms with Crippen molar-refractivity contribution in [3.63, 3.8) is 0 Å². The fraction of sp³-hybridized carbons (Fsp3) is 0. The van der Waals surface area contributed by atoms with E-state index in [9.17, 15) is 4.79 Å². The molecule has 0 N–H and O–H groups in total. The summed E-state index contributed by atoms with van der Waals surface area (Å²) in [5.74, 6) is 0.876. The van der Waals surface area contributed by atoms with Crippen LogP contribution in [0, 0.1) is 11.3 Å². The van der Waals surface area contributed by atoms with Crippen LogP contribution in [0.15, 0.2) is 40.8 Å². The van der Waals surface area contributed by atoms with Crippen LogP contribution in [0.3, 0.4) is 0 Å². The fourth-order valence-corrected chi connectivity index (χ4v) is 1.31. The van der Waals surface area contributed by atoms with Crippen LogP contribution in [0.5, 0.6) is 0 Å². The van der Waals surface area contributed by atoms with Gasteiger partial charge in [-0.3, -0.25) is 4.79 Å². The second kappa shape index (κ2) is 3.81. The molecule has 72 valence electrons. The number of carbonyl (C=O) groups excluding carboxylic acids is 1. The van der Waals surface area contributed by atoms with Gasteiger partial charge >= 0.3 is 0 Å². The first-order chi connectivity index (χ1) is 7.33. The van der Waals surface area contributed by atoms with Gasteiger partial charge in [0.05, 0.1) is 11.6 Å². The minimum Gasteiger partial charge on any atom is -0.453 e. The standard InChI is InChI=1S/C12H7NO2/c13-7-9-2-1-3-10(6-9)12-5-4-11(8-14)15-12/h1-6,8H. The molecule has 2 aromatic rings. The summed E-state index contributed by atoms with van der Waals surface area (Å²) in [6.45, 7) is 0. The van der Waals surface area contributed by atoms with Crippen LogP contribution < -0.4 is 0 Å². The van der Waals surface area contributed by atoms with E-state index in [2.05, 4.69) is 0 Å². The quantitative estimate of drug-likeness (QED) is 0.695. The Labute approximate surface area is 86.6 Å². The third-order valence-electron chi connectivity index (χ3n) is 2.02. The predicted octanol–water partition coefficient (Wildman–Crippen LogP) is 2.63. The van der Waals surface area contributed by atoms with Crippen molar-refractivity contribution in [1.29, 1.82) is 5.26 Å². The highest BCUT2D eigenvalue weighted by atomic mass is 16.3. The first-order valence-corrected chi connectivity index (χ1v) is 4.39. The molecule has 3 nitrogen and oxygen atoms in total. The number of nitrogens with zero attached hydrogens (tertiary/aromatic N) is 1. The van der Waals surface area contributed by atoms with Crippen molar-refractivity contribution in [2.45, 2.75) is 0 Å². The number of nitriles is 1. The molecule has 0 saturated carbocycles. The van der Waals surface area contributed by atoms with Crippen molar-refractivity contribution in [3.8, 4) is 17.4 Å². The molecule has 0 amide bonds. The molecule has 0 fully saturated rings. The maximum absolute atomic E-state index is 10.4. The summed E-state index contributed by atoms with van der Waals surface area (Å²) in [7, 11) is 0. The first-order valence-electron chi connectivity index (χ1n) is 4.39. The van der Waals surface area contributed by atoms with Gasteiger partial charge in [0, 0.05) is 5.56 Å². The smallest absolute Gasteiger partial charge is 0.185 e. The Kier molecular flexibility index (Phi) is 2.34. The predicted molar refractivity (Wildman–Crippen MR) is 54.2 cm³/mol. The largest absolute Gasteiger partial charge is 0.453 e. The van der Waals surface area contributed by atoms with Gasteiger partial charge in [0.1, 0.15) is 5.76 Å². The third-order valence-corrected chi connectivity index (χ3v) is 2.02. The molecule has 15 heavy (non-hydrogen) atoms. The molecule has 0 aliphatic heterocycles. The maximum Gasteiger partial charge on any atom is 0.185 e. The van der Waals surface area contributed by atoms with Gasteiger partial charge in [-0.15, -0.1) is 0 Å². The molecule has 0 saturated heterocycles. The minimum atomic E-state index is 0.285. The third kappa shape index (κ3) is 1.79. The van der Waals surface area contributed by atoms with Crippen LogP contribution >= 0.6 is 0 Å². The lowest BCUT2D eigenvalue weighted by Crippen LogP contribution is -1.77. The fourth-order valence-electron chi connectivity index (χ4n) is 1.31. The van der Waals surface area contributed by atoms with Crippen molar-refractivity contribution in [3.05, 3.63) is 47.7 Å². The van der Waals surface area contributed by atoms with Crippen molar-refractivity contribution >= 4 is 6.29 Å². The van der Waals surface area contributed by atoms with Crippen LogP contribution in [-0.4, -0.2) is 6.29 Å². The number of rotatable bonds is 2. The molecule has 0 spiro atoms. The van der Waals surface area contributed by atoms with Gasteiger partial charge in [0.25, 0.3) is 0 Å². The summed E-state index contributed by atoms with van der Waals surface area (Å²) in [5.41, 5.74) is 1.36. The SMILES string of the molecule is N#Cc1cccc(-c2ccc(C=O)o2)c1.